The van der Waals surface area contributed by atoms with E-state index in [1.807, 2.05) is 0 Å². The van der Waals surface area contributed by atoms with Gasteiger partial charge in [-0.05, 0) is 69.6 Å². The number of allylic oxidation sites excluding steroid dienone is 2. The highest BCUT2D eigenvalue weighted by Crippen LogP contribution is 2.34. The van der Waals surface area contributed by atoms with Crippen LogP contribution in [0, 0.1) is 17.8 Å². The van der Waals surface area contributed by atoms with Gasteiger partial charge in [0.1, 0.15) is 6.10 Å². The number of ether oxygens (including phenoxy) is 1. The van der Waals surface area contributed by atoms with E-state index in [9.17, 15) is 4.79 Å². The maximum atomic E-state index is 12.5. The highest BCUT2D eigenvalue weighted by molar-refractivity contribution is 5.72. The maximum Gasteiger partial charge on any atom is 0.309 e. The van der Waals surface area contributed by atoms with Crippen molar-refractivity contribution in [2.75, 3.05) is 0 Å². The number of carbonyl (C=O) groups excluding carboxylic acids is 1. The average Bonchev–Trinajstić information content (AvgIpc) is 2.64. The fourth-order valence-electron chi connectivity index (χ4n) is 4.48. The molecule has 0 spiro atoms. The van der Waals surface area contributed by atoms with Crippen molar-refractivity contribution in [1.82, 2.24) is 0 Å². The Hall–Kier alpha value is -0.790. The van der Waals surface area contributed by atoms with Crippen molar-refractivity contribution in [3.05, 3.63) is 12.2 Å². The quantitative estimate of drug-likeness (QED) is 0.259. The maximum absolute atomic E-state index is 12.5. The number of carbonyl (C=O) groups is 1. The van der Waals surface area contributed by atoms with Gasteiger partial charge in [-0.2, -0.15) is 0 Å². The highest BCUT2D eigenvalue weighted by Gasteiger charge is 2.30. The van der Waals surface area contributed by atoms with Crippen LogP contribution < -0.4 is 0 Å². The van der Waals surface area contributed by atoms with Gasteiger partial charge in [-0.15, -0.1) is 0 Å². The van der Waals surface area contributed by atoms with E-state index >= 15 is 0 Å². The SMILES string of the molecule is CCCC=CC1CCC(OC(=O)C2CCC(CCCCC)CC2)CC1. The van der Waals surface area contributed by atoms with Gasteiger partial charge in [-0.25, -0.2) is 0 Å². The molecule has 2 rings (SSSR count). The van der Waals surface area contributed by atoms with E-state index in [0.717, 1.165) is 31.6 Å². The first-order valence-electron chi connectivity index (χ1n) is 11.1. The summed E-state index contributed by atoms with van der Waals surface area (Å²) in [5, 5.41) is 0. The third kappa shape index (κ3) is 7.54. The van der Waals surface area contributed by atoms with Gasteiger partial charge in [0, 0.05) is 0 Å². The molecule has 0 bridgehead atoms. The standard InChI is InChI=1S/C23H40O2/c1-3-5-7-9-19-11-15-21(16-12-19)23(24)25-22-17-13-20(14-18-22)10-8-6-4-2/h8,10,19-22H,3-7,9,11-18H2,1-2H3. The number of rotatable bonds is 9. The van der Waals surface area contributed by atoms with Crippen LogP contribution in [0.4, 0.5) is 0 Å². The molecule has 2 fully saturated rings. The fraction of sp³-hybridized carbons (Fsp3) is 0.870. The molecule has 2 aliphatic carbocycles. The van der Waals surface area contributed by atoms with E-state index < -0.39 is 0 Å². The summed E-state index contributed by atoms with van der Waals surface area (Å²) < 4.78 is 5.88. The van der Waals surface area contributed by atoms with E-state index in [1.165, 1.54) is 64.2 Å². The molecule has 0 aromatic carbocycles. The van der Waals surface area contributed by atoms with E-state index in [2.05, 4.69) is 26.0 Å². The average molecular weight is 349 g/mol. The summed E-state index contributed by atoms with van der Waals surface area (Å²) in [5.74, 6) is 1.86. The zero-order chi connectivity index (χ0) is 17.9. The monoisotopic (exact) mass is 348 g/mol. The van der Waals surface area contributed by atoms with Crippen molar-refractivity contribution in [3.63, 3.8) is 0 Å². The molecule has 2 aliphatic rings. The predicted molar refractivity (Wildman–Crippen MR) is 105 cm³/mol. The molecule has 0 radical (unpaired) electrons. The minimum absolute atomic E-state index is 0.108. The second-order valence-corrected chi connectivity index (χ2v) is 8.40. The Morgan fingerprint density at radius 1 is 0.920 bits per heavy atom. The van der Waals surface area contributed by atoms with Crippen LogP contribution in [0.25, 0.3) is 0 Å². The van der Waals surface area contributed by atoms with Crippen molar-refractivity contribution >= 4 is 5.97 Å². The Bertz CT molecular complexity index is 385. The van der Waals surface area contributed by atoms with Gasteiger partial charge < -0.3 is 4.74 Å². The number of unbranched alkanes of at least 4 members (excludes halogenated alkanes) is 3. The Labute approximate surface area is 155 Å². The van der Waals surface area contributed by atoms with Crippen molar-refractivity contribution in [2.45, 2.75) is 110 Å². The molecule has 0 amide bonds. The highest BCUT2D eigenvalue weighted by atomic mass is 16.5. The van der Waals surface area contributed by atoms with Gasteiger partial charge in [0.25, 0.3) is 0 Å². The smallest absolute Gasteiger partial charge is 0.309 e. The Morgan fingerprint density at radius 3 is 2.28 bits per heavy atom. The van der Waals surface area contributed by atoms with Crippen LogP contribution in [0.5, 0.6) is 0 Å². The van der Waals surface area contributed by atoms with E-state index in [1.54, 1.807) is 0 Å². The first-order chi connectivity index (χ1) is 12.2. The minimum Gasteiger partial charge on any atom is -0.462 e. The summed E-state index contributed by atoms with van der Waals surface area (Å²) in [6.07, 6.45) is 21.8. The summed E-state index contributed by atoms with van der Waals surface area (Å²) >= 11 is 0. The van der Waals surface area contributed by atoms with Crippen LogP contribution in [-0.2, 0) is 9.53 Å². The van der Waals surface area contributed by atoms with Crippen molar-refractivity contribution in [3.8, 4) is 0 Å². The molecular weight excluding hydrogens is 308 g/mol. The lowest BCUT2D eigenvalue weighted by atomic mass is 9.79. The fourth-order valence-corrected chi connectivity index (χ4v) is 4.48. The van der Waals surface area contributed by atoms with Crippen molar-refractivity contribution in [1.29, 1.82) is 0 Å². The molecule has 0 aromatic heterocycles. The van der Waals surface area contributed by atoms with Crippen molar-refractivity contribution < 1.29 is 9.53 Å². The third-order valence-corrected chi connectivity index (χ3v) is 6.26. The lowest BCUT2D eigenvalue weighted by Gasteiger charge is -2.31. The van der Waals surface area contributed by atoms with Crippen molar-refractivity contribution in [2.24, 2.45) is 17.8 Å². The third-order valence-electron chi connectivity index (χ3n) is 6.26. The molecule has 25 heavy (non-hydrogen) atoms. The topological polar surface area (TPSA) is 26.3 Å². The van der Waals surface area contributed by atoms with Gasteiger partial charge in [0.05, 0.1) is 5.92 Å². The molecule has 0 atom stereocenters. The predicted octanol–water partition coefficient (Wildman–Crippen LogP) is 6.83. The first kappa shape index (κ1) is 20.5. The zero-order valence-corrected chi connectivity index (χ0v) is 16.7. The molecule has 2 nitrogen and oxygen atoms in total. The Morgan fingerprint density at radius 2 is 1.64 bits per heavy atom. The largest absolute Gasteiger partial charge is 0.462 e. The van der Waals surface area contributed by atoms with Crippen LogP contribution in [-0.4, -0.2) is 12.1 Å². The molecule has 0 aliphatic heterocycles. The molecule has 0 heterocycles. The second kappa shape index (κ2) is 11.8. The number of esters is 1. The lowest BCUT2D eigenvalue weighted by molar-refractivity contribution is -0.157. The van der Waals surface area contributed by atoms with Gasteiger partial charge in [0.15, 0.2) is 0 Å². The normalized spacial score (nSPS) is 30.5. The Kier molecular flexibility index (Phi) is 9.65. The molecule has 0 N–H and O–H groups in total. The number of hydrogen-bond acceptors (Lipinski definition) is 2. The molecule has 2 heteroatoms. The molecular formula is C23H40O2. The first-order valence-corrected chi connectivity index (χ1v) is 11.1. The van der Waals surface area contributed by atoms with E-state index in [0.29, 0.717) is 5.92 Å². The van der Waals surface area contributed by atoms with Gasteiger partial charge in [-0.3, -0.25) is 4.79 Å². The van der Waals surface area contributed by atoms with Gasteiger partial charge >= 0.3 is 5.97 Å². The van der Waals surface area contributed by atoms with Crippen LogP contribution >= 0.6 is 0 Å². The molecule has 0 saturated heterocycles. The molecule has 144 valence electrons. The van der Waals surface area contributed by atoms with Crippen LogP contribution in [0.1, 0.15) is 104 Å². The summed E-state index contributed by atoms with van der Waals surface area (Å²) in [7, 11) is 0. The second-order valence-electron chi connectivity index (χ2n) is 8.40. The van der Waals surface area contributed by atoms with E-state index in [4.69, 9.17) is 4.74 Å². The van der Waals surface area contributed by atoms with Crippen LogP contribution in [0.2, 0.25) is 0 Å². The van der Waals surface area contributed by atoms with E-state index in [-0.39, 0.29) is 18.0 Å². The number of hydrogen-bond donors (Lipinski definition) is 0. The lowest BCUT2D eigenvalue weighted by Crippen LogP contribution is -2.30. The summed E-state index contributed by atoms with van der Waals surface area (Å²) in [6, 6.07) is 0. The molecule has 2 saturated carbocycles. The molecule has 0 unspecified atom stereocenters. The van der Waals surface area contributed by atoms with Gasteiger partial charge in [0.2, 0.25) is 0 Å². The Balaban J connectivity index is 1.61. The summed E-state index contributed by atoms with van der Waals surface area (Å²) in [6.45, 7) is 4.49. The summed E-state index contributed by atoms with van der Waals surface area (Å²) in [4.78, 5) is 12.5. The zero-order valence-electron chi connectivity index (χ0n) is 16.7. The van der Waals surface area contributed by atoms with Crippen LogP contribution in [0.3, 0.4) is 0 Å². The van der Waals surface area contributed by atoms with Crippen LogP contribution in [0.15, 0.2) is 12.2 Å². The summed E-state index contributed by atoms with van der Waals surface area (Å²) in [5.41, 5.74) is 0. The molecule has 0 aromatic rings. The van der Waals surface area contributed by atoms with Gasteiger partial charge in [-0.1, -0.05) is 58.1 Å². The minimum atomic E-state index is 0.108.